The molecule has 0 aliphatic heterocycles. The van der Waals surface area contributed by atoms with Gasteiger partial charge in [0.2, 0.25) is 0 Å². The first-order chi connectivity index (χ1) is 7.66. The zero-order valence-electron chi connectivity index (χ0n) is 8.05. The van der Waals surface area contributed by atoms with Crippen molar-refractivity contribution in [3.8, 4) is 0 Å². The van der Waals surface area contributed by atoms with E-state index in [1.807, 2.05) is 0 Å². The predicted octanol–water partition coefficient (Wildman–Crippen LogP) is 0.137. The molecule has 0 radical (unpaired) electrons. The van der Waals surface area contributed by atoms with Crippen molar-refractivity contribution < 1.29 is 25.9 Å². The number of benzene rings is 1. The molecule has 1 aromatic carbocycles. The highest BCUT2D eigenvalue weighted by Crippen LogP contribution is 2.27. The summed E-state index contributed by atoms with van der Waals surface area (Å²) in [6, 6.07) is 2.24. The first-order valence-electron chi connectivity index (χ1n) is 3.86. The quantitative estimate of drug-likeness (QED) is 0.307. The summed E-state index contributed by atoms with van der Waals surface area (Å²) in [6.45, 7) is 0. The molecule has 9 nitrogen and oxygen atoms in total. The zero-order valence-corrected chi connectivity index (χ0v) is 9.68. The molecule has 0 saturated carbocycles. The molecule has 4 N–H and O–H groups in total. The minimum absolute atomic E-state index is 0.509. The Kier molecular flexibility index (Phi) is 3.47. The SMILES string of the molecule is NN=Nc1cc(S(=O)(=O)O)ccc1S(=O)(=O)O. The van der Waals surface area contributed by atoms with Crippen LogP contribution in [0.3, 0.4) is 0 Å². The van der Waals surface area contributed by atoms with Gasteiger partial charge in [0.25, 0.3) is 20.2 Å². The highest BCUT2D eigenvalue weighted by Gasteiger charge is 2.19. The molecular formula is C6H7N3O6S2. The average molecular weight is 281 g/mol. The van der Waals surface area contributed by atoms with Gasteiger partial charge in [0, 0.05) is 0 Å². The summed E-state index contributed by atoms with van der Waals surface area (Å²) in [5.74, 6) is 4.70. The van der Waals surface area contributed by atoms with Gasteiger partial charge in [-0.3, -0.25) is 9.11 Å². The Balaban J connectivity index is 3.60. The van der Waals surface area contributed by atoms with Crippen LogP contribution >= 0.6 is 0 Å². The Morgan fingerprint density at radius 2 is 1.65 bits per heavy atom. The fraction of sp³-hybridized carbons (Fsp3) is 0. The number of hydrogen-bond donors (Lipinski definition) is 3. The minimum Gasteiger partial charge on any atom is -0.305 e. The van der Waals surface area contributed by atoms with Crippen LogP contribution in [0.2, 0.25) is 0 Å². The van der Waals surface area contributed by atoms with E-state index in [2.05, 4.69) is 10.3 Å². The van der Waals surface area contributed by atoms with Crippen LogP contribution in [0.25, 0.3) is 0 Å². The van der Waals surface area contributed by atoms with Gasteiger partial charge < -0.3 is 5.84 Å². The van der Waals surface area contributed by atoms with Gasteiger partial charge in [-0.1, -0.05) is 5.22 Å². The van der Waals surface area contributed by atoms with Gasteiger partial charge in [-0.05, 0) is 18.2 Å². The van der Waals surface area contributed by atoms with Crippen molar-refractivity contribution in [3.05, 3.63) is 18.2 Å². The van der Waals surface area contributed by atoms with E-state index in [0.717, 1.165) is 12.1 Å². The molecule has 1 rings (SSSR count). The first kappa shape index (κ1) is 13.5. The maximum Gasteiger partial charge on any atom is 0.296 e. The second-order valence-corrected chi connectivity index (χ2v) is 5.61. The van der Waals surface area contributed by atoms with Crippen LogP contribution in [0.5, 0.6) is 0 Å². The van der Waals surface area contributed by atoms with E-state index in [1.165, 1.54) is 0 Å². The summed E-state index contributed by atoms with van der Waals surface area (Å²) in [5.41, 5.74) is -0.509. The van der Waals surface area contributed by atoms with E-state index in [4.69, 9.17) is 14.9 Å². The van der Waals surface area contributed by atoms with Crippen LogP contribution in [0.1, 0.15) is 0 Å². The lowest BCUT2D eigenvalue weighted by Crippen LogP contribution is -2.02. The average Bonchev–Trinajstić information content (AvgIpc) is 2.15. The monoisotopic (exact) mass is 281 g/mol. The molecule has 0 aliphatic carbocycles. The van der Waals surface area contributed by atoms with Crippen molar-refractivity contribution in [2.45, 2.75) is 9.79 Å². The molecule has 0 saturated heterocycles. The van der Waals surface area contributed by atoms with Gasteiger partial charge in [-0.2, -0.15) is 16.8 Å². The van der Waals surface area contributed by atoms with Crippen LogP contribution in [0, 0.1) is 0 Å². The lowest BCUT2D eigenvalue weighted by Gasteiger charge is -2.03. The summed E-state index contributed by atoms with van der Waals surface area (Å²) in [7, 11) is -9.13. The second-order valence-electron chi connectivity index (χ2n) is 2.80. The molecule has 11 heteroatoms. The van der Waals surface area contributed by atoms with Crippen molar-refractivity contribution in [3.63, 3.8) is 0 Å². The van der Waals surface area contributed by atoms with Crippen LogP contribution in [0.4, 0.5) is 5.69 Å². The third-order valence-corrected chi connectivity index (χ3v) is 3.42. The summed E-state index contributed by atoms with van der Waals surface area (Å²) >= 11 is 0. The molecule has 0 fully saturated rings. The van der Waals surface area contributed by atoms with E-state index >= 15 is 0 Å². The van der Waals surface area contributed by atoms with Crippen molar-refractivity contribution in [2.24, 2.45) is 16.2 Å². The molecule has 0 heterocycles. The fourth-order valence-corrected chi connectivity index (χ4v) is 2.12. The van der Waals surface area contributed by atoms with E-state index in [-0.39, 0.29) is 0 Å². The Labute approximate surface area is 96.4 Å². The third-order valence-electron chi connectivity index (χ3n) is 1.67. The minimum atomic E-state index is -4.60. The summed E-state index contributed by atoms with van der Waals surface area (Å²) < 4.78 is 60.9. The number of hydrogen-bond acceptors (Lipinski definition) is 6. The Hall–Kier alpha value is -1.56. The van der Waals surface area contributed by atoms with Crippen LogP contribution in [-0.4, -0.2) is 25.9 Å². The van der Waals surface area contributed by atoms with Crippen LogP contribution in [0.15, 0.2) is 38.3 Å². The van der Waals surface area contributed by atoms with E-state index in [9.17, 15) is 16.8 Å². The summed E-state index contributed by atoms with van der Waals surface area (Å²) in [5, 5.41) is 5.91. The normalized spacial score (nSPS) is 13.1. The topological polar surface area (TPSA) is 159 Å². The molecule has 17 heavy (non-hydrogen) atoms. The van der Waals surface area contributed by atoms with Gasteiger partial charge in [0.05, 0.1) is 4.90 Å². The second kappa shape index (κ2) is 4.37. The molecule has 0 amide bonds. The number of rotatable bonds is 3. The Morgan fingerprint density at radius 1 is 1.06 bits per heavy atom. The standard InChI is InChI=1S/C6H7N3O6S2/c7-9-8-5-3-4(16(10,11)12)1-2-6(5)17(13,14)15/h1-3H,(H2,7,8)(H,10,11,12)(H,13,14,15). The van der Waals surface area contributed by atoms with E-state index in [1.54, 1.807) is 0 Å². The highest BCUT2D eigenvalue weighted by molar-refractivity contribution is 7.86. The summed E-state index contributed by atoms with van der Waals surface area (Å²) in [4.78, 5) is -1.29. The smallest absolute Gasteiger partial charge is 0.296 e. The maximum atomic E-state index is 10.9. The molecule has 0 unspecified atom stereocenters. The Morgan fingerprint density at radius 3 is 2.06 bits per heavy atom. The van der Waals surface area contributed by atoms with Gasteiger partial charge in [0.15, 0.2) is 0 Å². The molecular weight excluding hydrogens is 274 g/mol. The van der Waals surface area contributed by atoms with Crippen molar-refractivity contribution >= 4 is 25.9 Å². The predicted molar refractivity (Wildman–Crippen MR) is 54.8 cm³/mol. The van der Waals surface area contributed by atoms with Crippen LogP contribution < -0.4 is 5.84 Å². The first-order valence-corrected chi connectivity index (χ1v) is 6.74. The van der Waals surface area contributed by atoms with Gasteiger partial charge in [-0.25, -0.2) is 0 Å². The third kappa shape index (κ3) is 3.20. The van der Waals surface area contributed by atoms with Gasteiger partial charge in [-0.15, -0.1) is 5.11 Å². The molecule has 0 aromatic heterocycles. The lowest BCUT2D eigenvalue weighted by atomic mass is 10.3. The molecule has 0 atom stereocenters. The zero-order chi connectivity index (χ0) is 13.3. The molecule has 94 valence electrons. The van der Waals surface area contributed by atoms with Crippen LogP contribution in [-0.2, 0) is 20.2 Å². The fourth-order valence-electron chi connectivity index (χ4n) is 1.02. The van der Waals surface area contributed by atoms with Crippen molar-refractivity contribution in [1.29, 1.82) is 0 Å². The molecule has 0 spiro atoms. The van der Waals surface area contributed by atoms with E-state index in [0.29, 0.717) is 6.07 Å². The molecule has 1 aromatic rings. The number of nitrogens with two attached hydrogens (primary N) is 1. The van der Waals surface area contributed by atoms with Gasteiger partial charge in [0.1, 0.15) is 10.6 Å². The van der Waals surface area contributed by atoms with Gasteiger partial charge >= 0.3 is 0 Å². The largest absolute Gasteiger partial charge is 0.305 e. The molecule has 0 aliphatic rings. The summed E-state index contributed by atoms with van der Waals surface area (Å²) in [6.07, 6.45) is 0. The van der Waals surface area contributed by atoms with Crippen molar-refractivity contribution in [1.82, 2.24) is 0 Å². The molecule has 0 bridgehead atoms. The number of nitrogens with zero attached hydrogens (tertiary/aromatic N) is 2. The van der Waals surface area contributed by atoms with E-state index < -0.39 is 35.7 Å². The van der Waals surface area contributed by atoms with Crippen molar-refractivity contribution in [2.75, 3.05) is 0 Å². The highest BCUT2D eigenvalue weighted by atomic mass is 32.2. The lowest BCUT2D eigenvalue weighted by molar-refractivity contribution is 0.478. The maximum absolute atomic E-state index is 10.9. The Bertz CT molecular complexity index is 663.